The molecule has 0 saturated carbocycles. The third kappa shape index (κ3) is 5.40. The summed E-state index contributed by atoms with van der Waals surface area (Å²) in [6.45, 7) is 5.46. The molecule has 0 aliphatic heterocycles. The van der Waals surface area contributed by atoms with Crippen LogP contribution in [-0.2, 0) is 4.79 Å². The molecular formula is C9H14O2. The summed E-state index contributed by atoms with van der Waals surface area (Å²) >= 11 is 0. The molecule has 0 aliphatic carbocycles. The molecule has 0 spiro atoms. The molecule has 0 radical (unpaired) electrons. The van der Waals surface area contributed by atoms with Crippen LogP contribution in [0.25, 0.3) is 0 Å². The minimum absolute atomic E-state index is 0.154. The van der Waals surface area contributed by atoms with Crippen molar-refractivity contribution in [2.24, 2.45) is 0 Å². The minimum Gasteiger partial charge on any atom is -0.478 e. The molecule has 0 aromatic heterocycles. The maximum Gasteiger partial charge on any atom is 0.335 e. The molecule has 0 amide bonds. The largest absolute Gasteiger partial charge is 0.478 e. The average molecular weight is 154 g/mol. The van der Waals surface area contributed by atoms with Gasteiger partial charge in [0.25, 0.3) is 0 Å². The molecule has 0 fully saturated rings. The molecule has 0 unspecified atom stereocenters. The van der Waals surface area contributed by atoms with E-state index in [9.17, 15) is 4.79 Å². The fourth-order valence-corrected chi connectivity index (χ4v) is 0.619. The van der Waals surface area contributed by atoms with Gasteiger partial charge in [0, 0.05) is 0 Å². The Balaban J connectivity index is 3.57. The van der Waals surface area contributed by atoms with Crippen LogP contribution in [0.15, 0.2) is 24.3 Å². The molecule has 0 rings (SSSR count). The summed E-state index contributed by atoms with van der Waals surface area (Å²) in [5, 5.41) is 8.39. The number of hydrogen-bond acceptors (Lipinski definition) is 1. The normalized spacial score (nSPS) is 10.3. The second kappa shape index (κ2) is 5.71. The Morgan fingerprint density at radius 2 is 2.27 bits per heavy atom. The molecule has 0 aromatic carbocycles. The lowest BCUT2D eigenvalue weighted by Gasteiger charge is -1.90. The monoisotopic (exact) mass is 154 g/mol. The molecule has 62 valence electrons. The number of unbranched alkanes of at least 4 members (excludes halogenated alkanes) is 2. The van der Waals surface area contributed by atoms with Crippen molar-refractivity contribution in [1.29, 1.82) is 0 Å². The van der Waals surface area contributed by atoms with Gasteiger partial charge in [-0.3, -0.25) is 0 Å². The first-order chi connectivity index (χ1) is 5.18. The van der Waals surface area contributed by atoms with Gasteiger partial charge in [0.15, 0.2) is 0 Å². The van der Waals surface area contributed by atoms with Crippen molar-refractivity contribution < 1.29 is 9.90 Å². The van der Waals surface area contributed by atoms with Gasteiger partial charge >= 0.3 is 5.97 Å². The third-order valence-electron chi connectivity index (χ3n) is 1.32. The van der Waals surface area contributed by atoms with Crippen molar-refractivity contribution in [3.63, 3.8) is 0 Å². The predicted octanol–water partition coefficient (Wildman–Crippen LogP) is 2.37. The van der Waals surface area contributed by atoms with E-state index >= 15 is 0 Å². The maximum absolute atomic E-state index is 10.2. The molecule has 0 aliphatic rings. The lowest BCUT2D eigenvalue weighted by molar-refractivity contribution is -0.132. The Kier molecular flexibility index (Phi) is 5.17. The summed E-state index contributed by atoms with van der Waals surface area (Å²) in [6, 6.07) is 0. The summed E-state index contributed by atoms with van der Waals surface area (Å²) < 4.78 is 0. The second-order valence-corrected chi connectivity index (χ2v) is 2.37. The smallest absolute Gasteiger partial charge is 0.335 e. The molecule has 2 heteroatoms. The molecule has 0 saturated heterocycles. The fourth-order valence-electron chi connectivity index (χ4n) is 0.619. The zero-order valence-electron chi connectivity index (χ0n) is 6.84. The highest BCUT2D eigenvalue weighted by molar-refractivity contribution is 5.88. The van der Waals surface area contributed by atoms with Gasteiger partial charge in [0.2, 0.25) is 0 Å². The van der Waals surface area contributed by atoms with Gasteiger partial charge in [-0.2, -0.15) is 0 Å². The van der Waals surface area contributed by atoms with Crippen molar-refractivity contribution in [2.45, 2.75) is 26.2 Å². The van der Waals surface area contributed by atoms with Gasteiger partial charge < -0.3 is 5.11 Å². The van der Waals surface area contributed by atoms with Crippen LogP contribution in [0, 0.1) is 0 Å². The van der Waals surface area contributed by atoms with E-state index in [1.54, 1.807) is 6.08 Å². The lowest BCUT2D eigenvalue weighted by atomic mass is 10.2. The number of rotatable bonds is 5. The highest BCUT2D eigenvalue weighted by Gasteiger charge is 1.95. The van der Waals surface area contributed by atoms with E-state index in [-0.39, 0.29) is 5.57 Å². The third-order valence-corrected chi connectivity index (χ3v) is 1.32. The summed E-state index contributed by atoms with van der Waals surface area (Å²) in [5.74, 6) is -0.947. The molecule has 2 nitrogen and oxygen atoms in total. The summed E-state index contributed by atoms with van der Waals surface area (Å²) in [4.78, 5) is 10.2. The van der Waals surface area contributed by atoms with E-state index in [2.05, 4.69) is 13.5 Å². The number of carbonyl (C=O) groups is 1. The topological polar surface area (TPSA) is 37.3 Å². The van der Waals surface area contributed by atoms with Gasteiger partial charge in [0.1, 0.15) is 0 Å². The second-order valence-electron chi connectivity index (χ2n) is 2.37. The Labute approximate surface area is 67.2 Å². The van der Waals surface area contributed by atoms with Crippen molar-refractivity contribution in [1.82, 2.24) is 0 Å². The average Bonchev–Trinajstić information content (AvgIpc) is 1.97. The lowest BCUT2D eigenvalue weighted by Crippen LogP contribution is -1.94. The number of allylic oxidation sites excluding steroid dienone is 1. The van der Waals surface area contributed by atoms with Gasteiger partial charge in [-0.05, 0) is 6.42 Å². The Morgan fingerprint density at radius 3 is 2.73 bits per heavy atom. The van der Waals surface area contributed by atoms with E-state index in [0.29, 0.717) is 0 Å². The van der Waals surface area contributed by atoms with Crippen molar-refractivity contribution in [2.75, 3.05) is 0 Å². The first-order valence-electron chi connectivity index (χ1n) is 3.77. The Morgan fingerprint density at radius 1 is 1.64 bits per heavy atom. The van der Waals surface area contributed by atoms with Crippen LogP contribution < -0.4 is 0 Å². The van der Waals surface area contributed by atoms with E-state index in [1.807, 2.05) is 6.08 Å². The van der Waals surface area contributed by atoms with Crippen LogP contribution in [0.5, 0.6) is 0 Å². The molecule has 11 heavy (non-hydrogen) atoms. The zero-order valence-corrected chi connectivity index (χ0v) is 6.84. The first kappa shape index (κ1) is 9.95. The summed E-state index contributed by atoms with van der Waals surface area (Å²) in [5.41, 5.74) is 0.154. The highest BCUT2D eigenvalue weighted by atomic mass is 16.4. The summed E-state index contributed by atoms with van der Waals surface area (Å²) in [6.07, 6.45) is 6.56. The van der Waals surface area contributed by atoms with Crippen LogP contribution in [0.4, 0.5) is 0 Å². The SMILES string of the molecule is C=C(/C=C/CCCC)C(=O)O. The van der Waals surface area contributed by atoms with Crippen LogP contribution in [0.2, 0.25) is 0 Å². The van der Waals surface area contributed by atoms with E-state index < -0.39 is 5.97 Å². The number of carboxylic acid groups (broad SMARTS) is 1. The highest BCUT2D eigenvalue weighted by Crippen LogP contribution is 1.98. The van der Waals surface area contributed by atoms with Crippen LogP contribution in [-0.4, -0.2) is 11.1 Å². The quantitative estimate of drug-likeness (QED) is 0.375. The molecule has 0 heterocycles. The van der Waals surface area contributed by atoms with Gasteiger partial charge in [-0.15, -0.1) is 0 Å². The molecule has 0 atom stereocenters. The molecule has 0 aromatic rings. The van der Waals surface area contributed by atoms with Gasteiger partial charge in [-0.1, -0.05) is 38.5 Å². The zero-order chi connectivity index (χ0) is 8.69. The molecule has 0 bridgehead atoms. The van der Waals surface area contributed by atoms with Crippen LogP contribution in [0.3, 0.4) is 0 Å². The Hall–Kier alpha value is -1.05. The van der Waals surface area contributed by atoms with Gasteiger partial charge in [0.05, 0.1) is 5.57 Å². The van der Waals surface area contributed by atoms with E-state index in [4.69, 9.17) is 5.11 Å². The van der Waals surface area contributed by atoms with Crippen molar-refractivity contribution >= 4 is 5.97 Å². The van der Waals surface area contributed by atoms with Crippen molar-refractivity contribution in [3.05, 3.63) is 24.3 Å². The van der Waals surface area contributed by atoms with Crippen LogP contribution in [0.1, 0.15) is 26.2 Å². The van der Waals surface area contributed by atoms with Gasteiger partial charge in [-0.25, -0.2) is 4.79 Å². The standard InChI is InChI=1S/C9H14O2/c1-3-4-5-6-7-8(2)9(10)11/h6-7H,2-5H2,1H3,(H,10,11)/b7-6+. The van der Waals surface area contributed by atoms with E-state index in [1.165, 1.54) is 0 Å². The van der Waals surface area contributed by atoms with Crippen LogP contribution >= 0.6 is 0 Å². The number of aliphatic carboxylic acids is 1. The maximum atomic E-state index is 10.2. The summed E-state index contributed by atoms with van der Waals surface area (Å²) in [7, 11) is 0. The Bertz CT molecular complexity index is 168. The molecular weight excluding hydrogens is 140 g/mol. The minimum atomic E-state index is -0.947. The van der Waals surface area contributed by atoms with E-state index in [0.717, 1.165) is 19.3 Å². The van der Waals surface area contributed by atoms with Crippen molar-refractivity contribution in [3.8, 4) is 0 Å². The number of carboxylic acids is 1. The molecule has 1 N–H and O–H groups in total. The number of hydrogen-bond donors (Lipinski definition) is 1. The first-order valence-corrected chi connectivity index (χ1v) is 3.77. The predicted molar refractivity (Wildman–Crippen MR) is 45.4 cm³/mol. The fraction of sp³-hybridized carbons (Fsp3) is 0.444.